The monoisotopic (exact) mass is 200 g/mol. The molecule has 0 unspecified atom stereocenters. The van der Waals surface area contributed by atoms with Crippen molar-refractivity contribution in [2.45, 2.75) is 50.8 Å². The van der Waals surface area contributed by atoms with Crippen LogP contribution in [-0.2, 0) is 0 Å². The van der Waals surface area contributed by atoms with E-state index in [0.717, 1.165) is 0 Å². The van der Waals surface area contributed by atoms with E-state index < -0.39 is 0 Å². The summed E-state index contributed by atoms with van der Waals surface area (Å²) >= 11 is 3.84. The lowest BCUT2D eigenvalue weighted by atomic mass is 9.70. The zero-order chi connectivity index (χ0) is 9.56. The second-order valence-electron chi connectivity index (χ2n) is 3.50. The maximum atomic E-state index is 2.32. The molecule has 0 N–H and O–H groups in total. The molecule has 68 valence electrons. The summed E-state index contributed by atoms with van der Waals surface area (Å²) in [5.41, 5.74) is 0.616. The van der Waals surface area contributed by atoms with E-state index >= 15 is 0 Å². The summed E-state index contributed by atoms with van der Waals surface area (Å²) < 4.78 is 0. The van der Waals surface area contributed by atoms with Crippen molar-refractivity contribution < 1.29 is 0 Å². The van der Waals surface area contributed by atoms with Crippen molar-refractivity contribution in [1.29, 1.82) is 0 Å². The predicted molar refractivity (Wildman–Crippen MR) is 66.4 cm³/mol. The summed E-state index contributed by atoms with van der Waals surface area (Å²) in [6.45, 7) is 15.8. The molecule has 0 aliphatic carbocycles. The molecular formula is C8H18B2S2. The van der Waals surface area contributed by atoms with E-state index in [4.69, 9.17) is 0 Å². The van der Waals surface area contributed by atoms with Crippen LogP contribution in [0.5, 0.6) is 0 Å². The molecule has 2 radical (unpaired) electrons. The lowest BCUT2D eigenvalue weighted by molar-refractivity contribution is 1.12. The van der Waals surface area contributed by atoms with Crippen molar-refractivity contribution in [3.63, 3.8) is 0 Å². The Kier molecular flexibility index (Phi) is 7.76. The summed E-state index contributed by atoms with van der Waals surface area (Å²) in [7, 11) is 0. The van der Waals surface area contributed by atoms with E-state index in [1.54, 1.807) is 0 Å². The topological polar surface area (TPSA) is 0 Å². The van der Waals surface area contributed by atoms with E-state index in [9.17, 15) is 0 Å². The Hall–Kier alpha value is 0.830. The van der Waals surface area contributed by atoms with Gasteiger partial charge in [0.1, 0.15) is 0 Å². The molecule has 0 aromatic carbocycles. The Morgan fingerprint density at radius 1 is 0.750 bits per heavy atom. The third-order valence-corrected chi connectivity index (χ3v) is 3.39. The molecule has 0 aromatic rings. The SMILES string of the molecule is CC([B]SC(C)C)[B]SC(C)C. The fourth-order valence-electron chi connectivity index (χ4n) is 0.594. The quantitative estimate of drug-likeness (QED) is 0.603. The van der Waals surface area contributed by atoms with Crippen LogP contribution in [0.3, 0.4) is 0 Å². The van der Waals surface area contributed by atoms with Gasteiger partial charge in [-0.15, -0.1) is 0 Å². The molecule has 0 fully saturated rings. The van der Waals surface area contributed by atoms with Crippen LogP contribution >= 0.6 is 23.2 Å². The highest BCUT2D eigenvalue weighted by molar-refractivity contribution is 8.26. The summed E-state index contributed by atoms with van der Waals surface area (Å²) in [6, 6.07) is 0. The van der Waals surface area contributed by atoms with Gasteiger partial charge < -0.3 is 0 Å². The van der Waals surface area contributed by atoms with Gasteiger partial charge in [0.2, 0.25) is 0 Å². The van der Waals surface area contributed by atoms with Gasteiger partial charge in [-0.2, -0.15) is 0 Å². The van der Waals surface area contributed by atoms with Crippen LogP contribution in [-0.4, -0.2) is 23.6 Å². The van der Waals surface area contributed by atoms with Gasteiger partial charge in [-0.1, -0.05) is 40.3 Å². The molecule has 12 heavy (non-hydrogen) atoms. The summed E-state index contributed by atoms with van der Waals surface area (Å²) in [5.74, 6) is 0. The van der Waals surface area contributed by atoms with Gasteiger partial charge in [0.25, 0.3) is 0 Å². The Morgan fingerprint density at radius 3 is 1.33 bits per heavy atom. The Labute approximate surface area is 87.3 Å². The van der Waals surface area contributed by atoms with E-state index in [1.807, 2.05) is 23.2 Å². The van der Waals surface area contributed by atoms with Crippen molar-refractivity contribution in [1.82, 2.24) is 0 Å². The molecule has 0 saturated carbocycles. The van der Waals surface area contributed by atoms with Crippen LogP contribution in [0, 0.1) is 0 Å². The first kappa shape index (κ1) is 12.8. The van der Waals surface area contributed by atoms with Gasteiger partial charge >= 0.3 is 0 Å². The third kappa shape index (κ3) is 8.92. The first-order chi connectivity index (χ1) is 5.52. The fraction of sp³-hybridized carbons (Fsp3) is 1.00. The van der Waals surface area contributed by atoms with Gasteiger partial charge in [-0.3, -0.25) is 0 Å². The maximum Gasteiger partial charge on any atom is 0.187 e. The molecule has 0 heterocycles. The van der Waals surface area contributed by atoms with Gasteiger partial charge in [-0.05, 0) is 10.5 Å². The van der Waals surface area contributed by atoms with Crippen molar-refractivity contribution in [2.75, 3.05) is 0 Å². The minimum atomic E-state index is 0.616. The minimum absolute atomic E-state index is 0.616. The zero-order valence-electron chi connectivity index (χ0n) is 8.70. The van der Waals surface area contributed by atoms with Gasteiger partial charge in [0.15, 0.2) is 13.1 Å². The average Bonchev–Trinajstić information content (AvgIpc) is 1.96. The Bertz CT molecular complexity index is 95.2. The van der Waals surface area contributed by atoms with Gasteiger partial charge in [-0.25, -0.2) is 23.2 Å². The lowest BCUT2D eigenvalue weighted by Gasteiger charge is -2.11. The van der Waals surface area contributed by atoms with Crippen LogP contribution in [0.1, 0.15) is 34.6 Å². The van der Waals surface area contributed by atoms with Crippen LogP contribution in [0.2, 0.25) is 5.72 Å². The highest BCUT2D eigenvalue weighted by Crippen LogP contribution is 2.19. The molecule has 0 bridgehead atoms. The lowest BCUT2D eigenvalue weighted by Crippen LogP contribution is -2.07. The number of hydrogen-bond acceptors (Lipinski definition) is 2. The second-order valence-corrected chi connectivity index (χ2v) is 6.48. The standard InChI is InChI=1S/C8H18B2S2/c1-6(2)11-9-8(5)10-12-7(3)4/h6-8H,1-5H3. The molecule has 0 saturated heterocycles. The van der Waals surface area contributed by atoms with Crippen molar-refractivity contribution in [2.24, 2.45) is 0 Å². The summed E-state index contributed by atoms with van der Waals surface area (Å²) in [4.78, 5) is 0. The van der Waals surface area contributed by atoms with Gasteiger partial charge in [0, 0.05) is 0 Å². The largest absolute Gasteiger partial charge is 0.216 e. The molecule has 0 atom stereocenters. The van der Waals surface area contributed by atoms with Crippen LogP contribution in [0.15, 0.2) is 0 Å². The molecule has 0 rings (SSSR count). The molecule has 0 amide bonds. The Balaban J connectivity index is 3.27. The van der Waals surface area contributed by atoms with Gasteiger partial charge in [0.05, 0.1) is 0 Å². The molecule has 0 aliphatic rings. The second kappa shape index (κ2) is 7.25. The van der Waals surface area contributed by atoms with Crippen molar-refractivity contribution >= 4 is 36.3 Å². The van der Waals surface area contributed by atoms with Crippen LogP contribution < -0.4 is 0 Å². The number of rotatable bonds is 6. The van der Waals surface area contributed by atoms with E-state index in [-0.39, 0.29) is 0 Å². The van der Waals surface area contributed by atoms with Crippen molar-refractivity contribution in [3.05, 3.63) is 0 Å². The highest BCUT2D eigenvalue weighted by Gasteiger charge is 2.08. The fourth-order valence-corrected chi connectivity index (χ4v) is 1.98. The van der Waals surface area contributed by atoms with Crippen LogP contribution in [0.25, 0.3) is 0 Å². The van der Waals surface area contributed by atoms with E-state index in [1.165, 1.54) is 0 Å². The highest BCUT2D eigenvalue weighted by atomic mass is 32.2. The molecule has 0 aliphatic heterocycles. The summed E-state index contributed by atoms with van der Waals surface area (Å²) in [5, 5.41) is 1.43. The van der Waals surface area contributed by atoms with E-state index in [0.29, 0.717) is 16.2 Å². The number of hydrogen-bond donors (Lipinski definition) is 0. The Morgan fingerprint density at radius 2 is 1.08 bits per heavy atom. The summed E-state index contributed by atoms with van der Waals surface area (Å²) in [6.07, 6.45) is 0. The predicted octanol–water partition coefficient (Wildman–Crippen LogP) is 3.27. The van der Waals surface area contributed by atoms with Crippen molar-refractivity contribution in [3.8, 4) is 0 Å². The first-order valence-corrected chi connectivity index (χ1v) is 6.38. The minimum Gasteiger partial charge on any atom is -0.216 e. The first-order valence-electron chi connectivity index (χ1n) is 4.50. The zero-order valence-corrected chi connectivity index (χ0v) is 10.3. The molecule has 0 aromatic heterocycles. The van der Waals surface area contributed by atoms with Crippen LogP contribution in [0.4, 0.5) is 0 Å². The van der Waals surface area contributed by atoms with E-state index in [2.05, 4.69) is 47.7 Å². The molecular weight excluding hydrogens is 182 g/mol. The average molecular weight is 200 g/mol. The molecule has 4 heteroatoms. The normalized spacial score (nSPS) is 11.3. The molecule has 0 spiro atoms. The third-order valence-electron chi connectivity index (χ3n) is 1.13. The smallest absolute Gasteiger partial charge is 0.187 e. The maximum absolute atomic E-state index is 2.32. The molecule has 0 nitrogen and oxygen atoms in total.